The first-order valence-corrected chi connectivity index (χ1v) is 4.61. The number of halogens is 1. The minimum atomic E-state index is 0.128. The molecule has 0 aliphatic rings. The molecule has 0 unspecified atom stereocenters. The molecule has 0 fully saturated rings. The molecule has 2 radical (unpaired) electrons. The third-order valence-electron chi connectivity index (χ3n) is 1.62. The molecule has 1 aromatic rings. The van der Waals surface area contributed by atoms with Gasteiger partial charge >= 0.3 is 0 Å². The highest BCUT2D eigenvalue weighted by molar-refractivity contribution is 9.08. The number of phenols is 2. The maximum absolute atomic E-state index is 9.49. The van der Waals surface area contributed by atoms with Crippen molar-refractivity contribution in [1.29, 1.82) is 0 Å². The van der Waals surface area contributed by atoms with E-state index in [0.29, 0.717) is 16.5 Å². The maximum Gasteiger partial charge on any atom is 0.122 e. The van der Waals surface area contributed by atoms with Gasteiger partial charge in [0.05, 0.1) is 7.85 Å². The van der Waals surface area contributed by atoms with Gasteiger partial charge in [0.25, 0.3) is 0 Å². The molecular weight excluding hydrogens is 219 g/mol. The van der Waals surface area contributed by atoms with Gasteiger partial charge in [0, 0.05) is 10.9 Å². The quantitative estimate of drug-likeness (QED) is 0.458. The first-order valence-electron chi connectivity index (χ1n) is 3.48. The Morgan fingerprint density at radius 1 is 1.25 bits per heavy atom. The van der Waals surface area contributed by atoms with Gasteiger partial charge in [-0.3, -0.25) is 0 Å². The molecule has 0 atom stereocenters. The molecule has 12 heavy (non-hydrogen) atoms. The van der Waals surface area contributed by atoms with Crippen LogP contribution in [0, 0.1) is 0 Å². The fraction of sp³-hybridized carbons (Fsp3) is 0.250. The lowest BCUT2D eigenvalue weighted by molar-refractivity contribution is 0.452. The molecule has 2 nitrogen and oxygen atoms in total. The van der Waals surface area contributed by atoms with Crippen molar-refractivity contribution in [3.63, 3.8) is 0 Å². The van der Waals surface area contributed by atoms with Gasteiger partial charge in [0.2, 0.25) is 0 Å². The van der Waals surface area contributed by atoms with E-state index in [4.69, 9.17) is 7.85 Å². The van der Waals surface area contributed by atoms with E-state index in [1.807, 2.05) is 0 Å². The Morgan fingerprint density at radius 2 is 1.83 bits per heavy atom. The van der Waals surface area contributed by atoms with E-state index in [9.17, 15) is 10.2 Å². The van der Waals surface area contributed by atoms with Crippen LogP contribution >= 0.6 is 15.9 Å². The SMILES string of the molecule is [B]Cc1cc(O)cc(CBr)c1O. The average Bonchev–Trinajstić information content (AvgIpc) is 2.08. The van der Waals surface area contributed by atoms with Crippen LogP contribution in [-0.4, -0.2) is 18.1 Å². The standard InChI is InChI=1S/C8H8BBrO2/c9-3-5-1-7(11)2-6(4-10)8(5)12/h1-2,11-12H,3-4H2. The van der Waals surface area contributed by atoms with Crippen LogP contribution in [0.15, 0.2) is 12.1 Å². The van der Waals surface area contributed by atoms with Crippen molar-refractivity contribution in [2.24, 2.45) is 0 Å². The van der Waals surface area contributed by atoms with E-state index < -0.39 is 0 Å². The lowest BCUT2D eigenvalue weighted by Crippen LogP contribution is -1.89. The Labute approximate surface area is 80.8 Å². The van der Waals surface area contributed by atoms with E-state index in [2.05, 4.69) is 15.9 Å². The van der Waals surface area contributed by atoms with Crippen LogP contribution in [0.1, 0.15) is 11.1 Å². The molecular formula is C8H8BBrO2. The van der Waals surface area contributed by atoms with E-state index in [1.165, 1.54) is 12.1 Å². The molecule has 0 aromatic heterocycles. The molecule has 0 aliphatic carbocycles. The second kappa shape index (κ2) is 3.85. The zero-order valence-electron chi connectivity index (χ0n) is 6.42. The predicted octanol–water partition coefficient (Wildman–Crippen LogP) is 1.66. The van der Waals surface area contributed by atoms with E-state index in [1.54, 1.807) is 0 Å². The fourth-order valence-corrected chi connectivity index (χ4v) is 1.43. The zero-order valence-corrected chi connectivity index (χ0v) is 8.00. The minimum absolute atomic E-state index is 0.128. The molecule has 62 valence electrons. The summed E-state index contributed by atoms with van der Waals surface area (Å²) >= 11 is 3.19. The number of phenolic OH excluding ortho intramolecular Hbond substituents is 2. The number of aromatic hydroxyl groups is 2. The van der Waals surface area contributed by atoms with Gasteiger partial charge in [-0.25, -0.2) is 0 Å². The first kappa shape index (κ1) is 9.45. The molecule has 0 amide bonds. The smallest absolute Gasteiger partial charge is 0.122 e. The number of hydrogen-bond donors (Lipinski definition) is 2. The normalized spacial score (nSPS) is 10.1. The van der Waals surface area contributed by atoms with Gasteiger partial charge in [0.1, 0.15) is 11.5 Å². The molecule has 0 bridgehead atoms. The van der Waals surface area contributed by atoms with Gasteiger partial charge in [-0.15, -0.1) is 0 Å². The Bertz CT molecular complexity index is 263. The van der Waals surface area contributed by atoms with Gasteiger partial charge in [-0.2, -0.15) is 0 Å². The van der Waals surface area contributed by atoms with Crippen molar-refractivity contribution < 1.29 is 10.2 Å². The monoisotopic (exact) mass is 226 g/mol. The largest absolute Gasteiger partial charge is 0.508 e. The topological polar surface area (TPSA) is 40.5 Å². The van der Waals surface area contributed by atoms with Gasteiger partial charge in [0.15, 0.2) is 0 Å². The summed E-state index contributed by atoms with van der Waals surface area (Å²) in [5.74, 6) is 0.287. The zero-order chi connectivity index (χ0) is 9.14. The number of alkyl halides is 1. The summed E-state index contributed by atoms with van der Waals surface area (Å²) in [7, 11) is 5.36. The van der Waals surface area contributed by atoms with Gasteiger partial charge in [-0.05, 0) is 17.7 Å². The predicted molar refractivity (Wildman–Crippen MR) is 51.9 cm³/mol. The molecule has 0 saturated carbocycles. The second-order valence-electron chi connectivity index (χ2n) is 2.45. The van der Waals surface area contributed by atoms with Crippen LogP contribution in [0.3, 0.4) is 0 Å². The van der Waals surface area contributed by atoms with Crippen LogP contribution in [-0.2, 0) is 11.7 Å². The van der Waals surface area contributed by atoms with Gasteiger partial charge < -0.3 is 10.2 Å². The third kappa shape index (κ3) is 1.75. The van der Waals surface area contributed by atoms with E-state index in [0.717, 1.165) is 0 Å². The fourth-order valence-electron chi connectivity index (χ4n) is 0.999. The summed E-state index contributed by atoms with van der Waals surface area (Å²) in [4.78, 5) is 0. The molecule has 0 saturated heterocycles. The summed E-state index contributed by atoms with van der Waals surface area (Å²) in [6.07, 6.45) is 0.222. The highest BCUT2D eigenvalue weighted by Crippen LogP contribution is 2.29. The number of rotatable bonds is 2. The number of hydrogen-bond acceptors (Lipinski definition) is 2. The Morgan fingerprint density at radius 3 is 2.33 bits per heavy atom. The molecule has 0 aliphatic heterocycles. The Hall–Kier alpha value is -0.635. The van der Waals surface area contributed by atoms with Crippen molar-refractivity contribution in [2.75, 3.05) is 0 Å². The second-order valence-corrected chi connectivity index (χ2v) is 3.01. The highest BCUT2D eigenvalue weighted by Gasteiger charge is 2.06. The van der Waals surface area contributed by atoms with Crippen LogP contribution in [0.4, 0.5) is 0 Å². The summed E-state index contributed by atoms with van der Waals surface area (Å²) in [6, 6.07) is 2.96. The first-order chi connectivity index (χ1) is 5.69. The Kier molecular flexibility index (Phi) is 3.03. The highest BCUT2D eigenvalue weighted by atomic mass is 79.9. The van der Waals surface area contributed by atoms with Crippen molar-refractivity contribution >= 4 is 23.8 Å². The third-order valence-corrected chi connectivity index (χ3v) is 2.22. The molecule has 1 aromatic carbocycles. The van der Waals surface area contributed by atoms with Crippen molar-refractivity contribution in [3.05, 3.63) is 23.3 Å². The van der Waals surface area contributed by atoms with Crippen molar-refractivity contribution in [2.45, 2.75) is 11.7 Å². The lowest BCUT2D eigenvalue weighted by atomic mass is 9.94. The Balaban J connectivity index is 3.22. The minimum Gasteiger partial charge on any atom is -0.508 e. The molecule has 2 N–H and O–H groups in total. The molecule has 0 heterocycles. The van der Waals surface area contributed by atoms with Crippen LogP contribution in [0.5, 0.6) is 11.5 Å². The molecule has 1 rings (SSSR count). The maximum atomic E-state index is 9.49. The van der Waals surface area contributed by atoms with E-state index in [-0.39, 0.29) is 17.8 Å². The lowest BCUT2D eigenvalue weighted by Gasteiger charge is -2.06. The molecule has 4 heteroatoms. The summed E-state index contributed by atoms with van der Waals surface area (Å²) in [5.41, 5.74) is 1.21. The average molecular weight is 227 g/mol. The van der Waals surface area contributed by atoms with Gasteiger partial charge in [-0.1, -0.05) is 22.3 Å². The summed E-state index contributed by atoms with van der Waals surface area (Å²) in [6.45, 7) is 0. The van der Waals surface area contributed by atoms with E-state index >= 15 is 0 Å². The number of benzene rings is 1. The molecule has 0 spiro atoms. The van der Waals surface area contributed by atoms with Crippen LogP contribution in [0.2, 0.25) is 0 Å². The van der Waals surface area contributed by atoms with Crippen LogP contribution in [0.25, 0.3) is 0 Å². The van der Waals surface area contributed by atoms with Crippen molar-refractivity contribution in [3.8, 4) is 11.5 Å². The van der Waals surface area contributed by atoms with Crippen molar-refractivity contribution in [1.82, 2.24) is 0 Å². The summed E-state index contributed by atoms with van der Waals surface area (Å²) < 4.78 is 0. The summed E-state index contributed by atoms with van der Waals surface area (Å²) in [5, 5.41) is 19.2. The van der Waals surface area contributed by atoms with Crippen LogP contribution < -0.4 is 0 Å².